The Morgan fingerprint density at radius 2 is 1.22 bits per heavy atom. The van der Waals surface area contributed by atoms with Crippen LogP contribution in [0.25, 0.3) is 60.6 Å². The monoisotopic (exact) mass is 640 g/mol. The number of nitrogens with zero attached hydrogens (tertiary/aromatic N) is 3. The van der Waals surface area contributed by atoms with Crippen molar-refractivity contribution in [1.82, 2.24) is 14.5 Å². The summed E-state index contributed by atoms with van der Waals surface area (Å²) in [6, 6.07) is 60.6. The van der Waals surface area contributed by atoms with Gasteiger partial charge in [-0.1, -0.05) is 121 Å². The lowest BCUT2D eigenvalue weighted by Gasteiger charge is -2.25. The lowest BCUT2D eigenvalue weighted by Crippen LogP contribution is -2.31. The van der Waals surface area contributed by atoms with Crippen molar-refractivity contribution in [3.05, 3.63) is 199 Å². The third-order valence-electron chi connectivity index (χ3n) is 9.95. The highest BCUT2D eigenvalue weighted by Gasteiger charge is 2.21. The Morgan fingerprint density at radius 3 is 2.06 bits per heavy atom. The fourth-order valence-electron chi connectivity index (χ4n) is 7.58. The summed E-state index contributed by atoms with van der Waals surface area (Å²) in [6.07, 6.45) is 4.40. The van der Waals surface area contributed by atoms with Crippen LogP contribution in [-0.2, 0) is 0 Å². The highest BCUT2D eigenvalue weighted by Crippen LogP contribution is 2.39. The number of amidine groups is 1. The Kier molecular flexibility index (Phi) is 6.53. The number of para-hydroxylation sites is 2. The quantitative estimate of drug-likeness (QED) is 0.200. The molecule has 0 spiro atoms. The third kappa shape index (κ3) is 4.65. The van der Waals surface area contributed by atoms with Crippen LogP contribution in [0.15, 0.2) is 187 Å². The first-order valence-corrected chi connectivity index (χ1v) is 17.1. The van der Waals surface area contributed by atoms with Gasteiger partial charge in [-0.05, 0) is 71.1 Å². The van der Waals surface area contributed by atoms with Gasteiger partial charge in [-0.25, -0.2) is 4.99 Å². The molecule has 9 aromatic rings. The number of hydrogen-bond donors (Lipinski definition) is 1. The molecular formula is C46H32N4. The van der Waals surface area contributed by atoms with Crippen LogP contribution in [-0.4, -0.2) is 15.0 Å². The molecule has 2 aromatic heterocycles. The highest BCUT2D eigenvalue weighted by atomic mass is 15.1. The van der Waals surface area contributed by atoms with E-state index in [0.717, 1.165) is 34.0 Å². The smallest absolute Gasteiger partial charge is 0.134 e. The molecule has 1 aliphatic heterocycles. The van der Waals surface area contributed by atoms with E-state index < -0.39 is 0 Å². The number of nitrogens with one attached hydrogen (secondary N) is 1. The molecule has 0 fully saturated rings. The predicted molar refractivity (Wildman–Crippen MR) is 208 cm³/mol. The normalized spacial score (nSPS) is 14.6. The first kappa shape index (κ1) is 28.4. The van der Waals surface area contributed by atoms with Crippen molar-refractivity contribution >= 4 is 55.0 Å². The van der Waals surface area contributed by atoms with Crippen molar-refractivity contribution in [2.75, 3.05) is 0 Å². The standard InChI is InChI=1S/C46H32N4/c1-4-13-31(14-5-1)41-30-42(32-15-6-2-7-16-32)48-46(47-41)35-17-12-20-37(27-35)50-43-22-11-10-21-38(43)39-24-23-33-29-44-34(28-40(33)45(39)50)25-26-49(44)36-18-8-3-9-19-36/h1-30,41H,(H,47,48). The second kappa shape index (κ2) is 11.5. The van der Waals surface area contributed by atoms with E-state index in [1.54, 1.807) is 0 Å². The van der Waals surface area contributed by atoms with Crippen LogP contribution in [0.2, 0.25) is 0 Å². The zero-order valence-electron chi connectivity index (χ0n) is 27.2. The lowest BCUT2D eigenvalue weighted by molar-refractivity contribution is 0.781. The molecule has 0 aliphatic carbocycles. The number of aliphatic imine (C=N–C) groups is 1. The van der Waals surface area contributed by atoms with Gasteiger partial charge < -0.3 is 14.5 Å². The average Bonchev–Trinajstić information content (AvgIpc) is 3.77. The van der Waals surface area contributed by atoms with Crippen molar-refractivity contribution in [3.63, 3.8) is 0 Å². The molecule has 1 atom stereocenters. The summed E-state index contributed by atoms with van der Waals surface area (Å²) >= 11 is 0. The molecule has 0 saturated carbocycles. The second-order valence-electron chi connectivity index (χ2n) is 12.9. The average molecular weight is 641 g/mol. The molecule has 0 bridgehead atoms. The maximum absolute atomic E-state index is 5.21. The van der Waals surface area contributed by atoms with Crippen LogP contribution in [0.5, 0.6) is 0 Å². The Bertz CT molecular complexity index is 2770. The number of aromatic nitrogens is 2. The van der Waals surface area contributed by atoms with Crippen LogP contribution < -0.4 is 5.32 Å². The molecule has 0 saturated heterocycles. The lowest BCUT2D eigenvalue weighted by atomic mass is 10.0. The topological polar surface area (TPSA) is 34.2 Å². The van der Waals surface area contributed by atoms with E-state index in [2.05, 4.69) is 191 Å². The third-order valence-corrected chi connectivity index (χ3v) is 9.95. The maximum atomic E-state index is 5.21. The maximum Gasteiger partial charge on any atom is 0.134 e. The number of benzene rings is 7. The van der Waals surface area contributed by atoms with Crippen LogP contribution in [0.3, 0.4) is 0 Å². The minimum atomic E-state index is -0.00894. The summed E-state index contributed by atoms with van der Waals surface area (Å²) in [5.41, 5.74) is 10.2. The molecule has 1 N–H and O–H groups in total. The van der Waals surface area contributed by atoms with Gasteiger partial charge in [-0.3, -0.25) is 0 Å². The van der Waals surface area contributed by atoms with Gasteiger partial charge >= 0.3 is 0 Å². The van der Waals surface area contributed by atoms with Gasteiger partial charge in [-0.2, -0.15) is 0 Å². The summed E-state index contributed by atoms with van der Waals surface area (Å²) in [5, 5.41) is 9.90. The number of fused-ring (bicyclic) bond motifs is 6. The zero-order valence-corrected chi connectivity index (χ0v) is 27.2. The van der Waals surface area contributed by atoms with Crippen molar-refractivity contribution in [2.45, 2.75) is 6.04 Å². The Labute approximate surface area is 289 Å². The fourth-order valence-corrected chi connectivity index (χ4v) is 7.58. The van der Waals surface area contributed by atoms with Crippen LogP contribution >= 0.6 is 0 Å². The van der Waals surface area contributed by atoms with Gasteiger partial charge in [0.25, 0.3) is 0 Å². The van der Waals surface area contributed by atoms with Gasteiger partial charge in [0.05, 0.1) is 28.3 Å². The van der Waals surface area contributed by atoms with Gasteiger partial charge in [0.15, 0.2) is 0 Å². The zero-order chi connectivity index (χ0) is 33.0. The second-order valence-corrected chi connectivity index (χ2v) is 12.9. The van der Waals surface area contributed by atoms with E-state index in [1.165, 1.54) is 49.0 Å². The van der Waals surface area contributed by atoms with Crippen molar-refractivity contribution < 1.29 is 0 Å². The Hall–Kier alpha value is -6.65. The van der Waals surface area contributed by atoms with Crippen LogP contribution in [0, 0.1) is 0 Å². The van der Waals surface area contributed by atoms with Crippen LogP contribution in [0.1, 0.15) is 22.7 Å². The number of rotatable bonds is 5. The van der Waals surface area contributed by atoms with Gasteiger partial charge in [-0.15, -0.1) is 0 Å². The first-order chi connectivity index (χ1) is 24.8. The SMILES string of the molecule is C1=C(c2ccccc2)N=C(c2cccc(-n3c4ccccc4c4ccc5cc6c(ccn6-c6ccccc6)cc5c43)c2)NC1c1ccccc1. The molecular weight excluding hydrogens is 609 g/mol. The molecule has 50 heavy (non-hydrogen) atoms. The first-order valence-electron chi connectivity index (χ1n) is 17.1. The van der Waals surface area contributed by atoms with Crippen LogP contribution in [0.4, 0.5) is 0 Å². The molecule has 10 rings (SSSR count). The van der Waals surface area contributed by atoms with Crippen molar-refractivity contribution in [3.8, 4) is 11.4 Å². The summed E-state index contributed by atoms with van der Waals surface area (Å²) in [4.78, 5) is 5.21. The minimum absolute atomic E-state index is 0.00894. The molecule has 0 amide bonds. The minimum Gasteiger partial charge on any atom is -0.359 e. The van der Waals surface area contributed by atoms with Crippen molar-refractivity contribution in [2.24, 2.45) is 4.99 Å². The summed E-state index contributed by atoms with van der Waals surface area (Å²) < 4.78 is 4.71. The largest absolute Gasteiger partial charge is 0.359 e. The molecule has 7 aromatic carbocycles. The molecule has 4 heteroatoms. The number of hydrogen-bond acceptors (Lipinski definition) is 2. The molecule has 4 nitrogen and oxygen atoms in total. The van der Waals surface area contributed by atoms with E-state index in [0.29, 0.717) is 0 Å². The Morgan fingerprint density at radius 1 is 0.500 bits per heavy atom. The summed E-state index contributed by atoms with van der Waals surface area (Å²) in [5.74, 6) is 0.858. The van der Waals surface area contributed by atoms with Gasteiger partial charge in [0.1, 0.15) is 5.84 Å². The molecule has 1 unspecified atom stereocenters. The summed E-state index contributed by atoms with van der Waals surface area (Å²) in [7, 11) is 0. The predicted octanol–water partition coefficient (Wildman–Crippen LogP) is 11.0. The van der Waals surface area contributed by atoms with E-state index in [9.17, 15) is 0 Å². The summed E-state index contributed by atoms with van der Waals surface area (Å²) in [6.45, 7) is 0. The van der Waals surface area contributed by atoms with Crippen molar-refractivity contribution in [1.29, 1.82) is 0 Å². The van der Waals surface area contributed by atoms with E-state index in [4.69, 9.17) is 4.99 Å². The highest BCUT2D eigenvalue weighted by molar-refractivity contribution is 6.20. The van der Waals surface area contributed by atoms with Gasteiger partial charge in [0, 0.05) is 44.7 Å². The fraction of sp³-hybridized carbons (Fsp3) is 0.0217. The molecule has 236 valence electrons. The van der Waals surface area contributed by atoms with E-state index in [-0.39, 0.29) is 6.04 Å². The van der Waals surface area contributed by atoms with E-state index in [1.807, 2.05) is 6.07 Å². The molecule has 3 heterocycles. The molecule has 1 aliphatic rings. The Balaban J connectivity index is 1.16. The van der Waals surface area contributed by atoms with E-state index >= 15 is 0 Å². The molecule has 0 radical (unpaired) electrons. The van der Waals surface area contributed by atoms with Gasteiger partial charge in [0.2, 0.25) is 0 Å².